The molecule has 0 saturated carbocycles. The Morgan fingerprint density at radius 3 is 1.96 bits per heavy atom. The third kappa shape index (κ3) is 3.20. The Morgan fingerprint density at radius 2 is 1.54 bits per heavy atom. The van der Waals surface area contributed by atoms with Crippen molar-refractivity contribution in [2.75, 3.05) is 0 Å². The van der Waals surface area contributed by atoms with Crippen LogP contribution in [0, 0.1) is 0 Å². The predicted octanol–water partition coefficient (Wildman–Crippen LogP) is 5.17. The van der Waals surface area contributed by atoms with Gasteiger partial charge in [-0.05, 0) is 19.1 Å². The van der Waals surface area contributed by atoms with Gasteiger partial charge in [-0.25, -0.2) is 0 Å². The van der Waals surface area contributed by atoms with E-state index in [0.717, 1.165) is 0 Å². The lowest BCUT2D eigenvalue weighted by Gasteiger charge is -2.26. The summed E-state index contributed by atoms with van der Waals surface area (Å²) < 4.78 is 77.2. The van der Waals surface area contributed by atoms with E-state index in [0.29, 0.717) is 25.3 Å². The van der Waals surface area contributed by atoms with Gasteiger partial charge in [0.25, 0.3) is 0 Å². The number of hydrogen-bond donors (Lipinski definition) is 2. The molecule has 0 aliphatic heterocycles. The van der Waals surface area contributed by atoms with Crippen LogP contribution >= 0.6 is 23.2 Å². The van der Waals surface area contributed by atoms with Crippen molar-refractivity contribution in [3.63, 3.8) is 0 Å². The number of hydrogen-bond acceptors (Lipinski definition) is 2. The molecule has 11 heteroatoms. The van der Waals surface area contributed by atoms with Crippen LogP contribution in [0.5, 0.6) is 0 Å². The standard InChI is InChI=1S/C13H8Cl2F6N2O/c1-11(24,13(19,20)21)6-4-22-23-10(6)9-7(14)2-5(3-8(9)15)12(16,17)18/h2-4,24H,1H3,(H,22,23). The van der Waals surface area contributed by atoms with Crippen molar-refractivity contribution >= 4 is 23.2 Å². The monoisotopic (exact) mass is 392 g/mol. The van der Waals surface area contributed by atoms with Gasteiger partial charge in [-0.3, -0.25) is 5.10 Å². The first kappa shape index (κ1) is 18.9. The van der Waals surface area contributed by atoms with Gasteiger partial charge in [0.2, 0.25) is 0 Å². The molecule has 2 N–H and O–H groups in total. The molecule has 1 atom stereocenters. The van der Waals surface area contributed by atoms with Crippen LogP contribution in [0.3, 0.4) is 0 Å². The highest BCUT2D eigenvalue weighted by molar-refractivity contribution is 6.39. The topological polar surface area (TPSA) is 48.9 Å². The number of H-pyrrole nitrogens is 1. The Labute approximate surface area is 141 Å². The molecule has 1 heterocycles. The molecule has 0 aliphatic carbocycles. The highest BCUT2D eigenvalue weighted by atomic mass is 35.5. The number of aromatic amines is 1. The molecule has 1 aromatic heterocycles. The quantitative estimate of drug-likeness (QED) is 0.692. The van der Waals surface area contributed by atoms with E-state index in [-0.39, 0.29) is 5.56 Å². The molecule has 0 aliphatic rings. The van der Waals surface area contributed by atoms with Gasteiger partial charge in [0.05, 0.1) is 27.5 Å². The van der Waals surface area contributed by atoms with Crippen LogP contribution in [0.15, 0.2) is 18.3 Å². The molecule has 0 spiro atoms. The van der Waals surface area contributed by atoms with Gasteiger partial charge in [0.1, 0.15) is 0 Å². The summed E-state index contributed by atoms with van der Waals surface area (Å²) in [5, 5.41) is 14.3. The second kappa shape index (κ2) is 5.82. The molecule has 0 radical (unpaired) electrons. The molecule has 0 saturated heterocycles. The normalized spacial score (nSPS) is 15.4. The average molecular weight is 393 g/mol. The first-order valence-electron chi connectivity index (χ1n) is 6.16. The van der Waals surface area contributed by atoms with E-state index in [4.69, 9.17) is 23.2 Å². The molecular formula is C13H8Cl2F6N2O. The molecular weight excluding hydrogens is 385 g/mol. The zero-order valence-corrected chi connectivity index (χ0v) is 13.2. The van der Waals surface area contributed by atoms with Crippen LogP contribution in [0.2, 0.25) is 10.0 Å². The van der Waals surface area contributed by atoms with Crippen molar-refractivity contribution in [3.8, 4) is 11.3 Å². The van der Waals surface area contributed by atoms with Crippen molar-refractivity contribution in [1.29, 1.82) is 0 Å². The number of alkyl halides is 6. The van der Waals surface area contributed by atoms with E-state index in [1.54, 1.807) is 0 Å². The van der Waals surface area contributed by atoms with E-state index in [9.17, 15) is 31.4 Å². The minimum Gasteiger partial charge on any atom is -0.376 e. The molecule has 1 aromatic carbocycles. The minimum atomic E-state index is -5.06. The third-order valence-electron chi connectivity index (χ3n) is 3.34. The first-order valence-corrected chi connectivity index (χ1v) is 6.92. The third-order valence-corrected chi connectivity index (χ3v) is 3.93. The lowest BCUT2D eigenvalue weighted by Crippen LogP contribution is -2.39. The number of aliphatic hydroxyl groups is 1. The first-order chi connectivity index (χ1) is 10.8. The number of rotatable bonds is 2. The molecule has 1 unspecified atom stereocenters. The Morgan fingerprint density at radius 1 is 1.04 bits per heavy atom. The highest BCUT2D eigenvalue weighted by Gasteiger charge is 2.53. The van der Waals surface area contributed by atoms with Crippen molar-refractivity contribution in [2.45, 2.75) is 24.9 Å². The molecule has 3 nitrogen and oxygen atoms in total. The Hall–Kier alpha value is -1.45. The number of halogens is 8. The van der Waals surface area contributed by atoms with Gasteiger partial charge in [0.15, 0.2) is 5.60 Å². The fourth-order valence-electron chi connectivity index (χ4n) is 1.97. The summed E-state index contributed by atoms with van der Waals surface area (Å²) in [6.07, 6.45) is -9.09. The summed E-state index contributed by atoms with van der Waals surface area (Å²) in [7, 11) is 0. The second-order valence-corrected chi connectivity index (χ2v) is 5.86. The fraction of sp³-hybridized carbons (Fsp3) is 0.308. The van der Waals surface area contributed by atoms with Crippen LogP contribution in [-0.4, -0.2) is 21.5 Å². The van der Waals surface area contributed by atoms with Crippen LogP contribution in [0.4, 0.5) is 26.3 Å². The van der Waals surface area contributed by atoms with Gasteiger partial charge in [-0.1, -0.05) is 23.2 Å². The highest BCUT2D eigenvalue weighted by Crippen LogP contribution is 2.46. The maximum absolute atomic E-state index is 13.0. The summed E-state index contributed by atoms with van der Waals surface area (Å²) >= 11 is 11.5. The van der Waals surface area contributed by atoms with E-state index in [1.165, 1.54) is 0 Å². The van der Waals surface area contributed by atoms with Gasteiger partial charge >= 0.3 is 12.4 Å². The second-order valence-electron chi connectivity index (χ2n) is 5.04. The fourth-order valence-corrected chi connectivity index (χ4v) is 2.65. The number of benzene rings is 1. The largest absolute Gasteiger partial charge is 0.421 e. The molecule has 2 aromatic rings. The van der Waals surface area contributed by atoms with E-state index in [1.807, 2.05) is 0 Å². The van der Waals surface area contributed by atoms with Gasteiger partial charge in [0, 0.05) is 11.1 Å². The maximum atomic E-state index is 13.0. The van der Waals surface area contributed by atoms with Gasteiger partial charge in [-0.15, -0.1) is 0 Å². The summed E-state index contributed by atoms with van der Waals surface area (Å²) in [4.78, 5) is 0. The number of nitrogens with zero attached hydrogens (tertiary/aromatic N) is 1. The number of aromatic nitrogens is 2. The molecule has 24 heavy (non-hydrogen) atoms. The molecule has 0 fully saturated rings. The average Bonchev–Trinajstić information content (AvgIpc) is 2.85. The summed E-state index contributed by atoms with van der Waals surface area (Å²) in [5.74, 6) is 0. The molecule has 132 valence electrons. The van der Waals surface area contributed by atoms with Crippen LogP contribution in [0.1, 0.15) is 18.1 Å². The lowest BCUT2D eigenvalue weighted by molar-refractivity contribution is -0.258. The Kier molecular flexibility index (Phi) is 4.58. The Balaban J connectivity index is 2.67. The SMILES string of the molecule is CC(O)(c1cn[nH]c1-c1c(Cl)cc(C(F)(F)F)cc1Cl)C(F)(F)F. The predicted molar refractivity (Wildman–Crippen MR) is 74.7 cm³/mol. The molecule has 2 rings (SSSR count). The summed E-state index contributed by atoms with van der Waals surface area (Å²) in [6.45, 7) is 0.479. The van der Waals surface area contributed by atoms with Crippen LogP contribution in [0.25, 0.3) is 11.3 Å². The molecule has 0 amide bonds. The molecule has 0 bridgehead atoms. The zero-order chi connectivity index (χ0) is 18.5. The lowest BCUT2D eigenvalue weighted by atomic mass is 9.93. The Bertz CT molecular complexity index is 744. The van der Waals surface area contributed by atoms with Gasteiger partial charge < -0.3 is 5.11 Å². The van der Waals surface area contributed by atoms with E-state index >= 15 is 0 Å². The number of nitrogens with one attached hydrogen (secondary N) is 1. The van der Waals surface area contributed by atoms with Crippen molar-refractivity contribution in [1.82, 2.24) is 10.2 Å². The van der Waals surface area contributed by atoms with Crippen molar-refractivity contribution in [2.24, 2.45) is 0 Å². The minimum absolute atomic E-state index is 0.330. The summed E-state index contributed by atoms with van der Waals surface area (Å²) in [6, 6.07) is 1.05. The summed E-state index contributed by atoms with van der Waals surface area (Å²) in [5.41, 5.74) is -5.96. The maximum Gasteiger partial charge on any atom is 0.421 e. The van der Waals surface area contributed by atoms with Crippen molar-refractivity contribution in [3.05, 3.63) is 39.5 Å². The zero-order valence-electron chi connectivity index (χ0n) is 11.7. The van der Waals surface area contributed by atoms with Crippen LogP contribution in [-0.2, 0) is 11.8 Å². The van der Waals surface area contributed by atoms with E-state index < -0.39 is 44.8 Å². The van der Waals surface area contributed by atoms with Crippen molar-refractivity contribution < 1.29 is 31.4 Å². The van der Waals surface area contributed by atoms with Crippen LogP contribution < -0.4 is 0 Å². The smallest absolute Gasteiger partial charge is 0.376 e. The van der Waals surface area contributed by atoms with E-state index in [2.05, 4.69) is 10.2 Å². The van der Waals surface area contributed by atoms with Gasteiger partial charge in [-0.2, -0.15) is 31.4 Å².